The van der Waals surface area contributed by atoms with E-state index in [1.807, 2.05) is 38.1 Å². The molecule has 2 rings (SSSR count). The lowest BCUT2D eigenvalue weighted by Crippen LogP contribution is -2.42. The van der Waals surface area contributed by atoms with Gasteiger partial charge >= 0.3 is 0 Å². The summed E-state index contributed by atoms with van der Waals surface area (Å²) in [5.41, 5.74) is 0. The van der Waals surface area contributed by atoms with Crippen molar-refractivity contribution in [3.8, 4) is 0 Å². The molecule has 1 aromatic heterocycles. The van der Waals surface area contributed by atoms with Gasteiger partial charge in [-0.25, -0.2) is 4.98 Å². The minimum atomic E-state index is 0.147. The molecule has 1 atom stereocenters. The number of carbonyl (C=O) groups excluding carboxylic acids is 1. The number of aryl methyl sites for hydroxylation is 1. The van der Waals surface area contributed by atoms with Crippen LogP contribution in [0.2, 0.25) is 0 Å². The summed E-state index contributed by atoms with van der Waals surface area (Å²) in [4.78, 5) is 20.4. The molecule has 1 saturated heterocycles. The number of nitrogens with zero attached hydrogens (tertiary/aromatic N) is 4. The molecule has 0 N–H and O–H groups in total. The first-order chi connectivity index (χ1) is 8.58. The Bertz CT molecular complexity index is 413. The van der Waals surface area contributed by atoms with Crippen LogP contribution in [0.4, 0.5) is 0 Å². The lowest BCUT2D eigenvalue weighted by molar-refractivity contribution is -0.134. The highest BCUT2D eigenvalue weighted by Gasteiger charge is 2.27. The molecule has 0 saturated carbocycles. The topological polar surface area (TPSA) is 41.4 Å². The number of carbonyl (C=O) groups is 1. The Morgan fingerprint density at radius 3 is 2.94 bits per heavy atom. The van der Waals surface area contributed by atoms with Gasteiger partial charge in [-0.15, -0.1) is 0 Å². The summed E-state index contributed by atoms with van der Waals surface area (Å²) in [6.07, 6.45) is 5.88. The molecule has 1 fully saturated rings. The summed E-state index contributed by atoms with van der Waals surface area (Å²) < 4.78 is 2.04. The van der Waals surface area contributed by atoms with Crippen molar-refractivity contribution >= 4 is 5.91 Å². The van der Waals surface area contributed by atoms with E-state index in [2.05, 4.69) is 9.88 Å². The predicted molar refractivity (Wildman–Crippen MR) is 69.9 cm³/mol. The Labute approximate surface area is 108 Å². The molecule has 2 heterocycles. The van der Waals surface area contributed by atoms with Crippen LogP contribution in [-0.4, -0.2) is 52.4 Å². The van der Waals surface area contributed by atoms with Crippen LogP contribution in [0, 0.1) is 5.92 Å². The van der Waals surface area contributed by atoms with Gasteiger partial charge in [0.1, 0.15) is 5.82 Å². The molecule has 1 unspecified atom stereocenters. The summed E-state index contributed by atoms with van der Waals surface area (Å²) in [7, 11) is 5.68. The number of imidazole rings is 1. The molecule has 18 heavy (non-hydrogen) atoms. The molecule has 0 aliphatic carbocycles. The van der Waals surface area contributed by atoms with Gasteiger partial charge < -0.3 is 9.47 Å². The van der Waals surface area contributed by atoms with Crippen molar-refractivity contribution < 1.29 is 4.79 Å². The fourth-order valence-corrected chi connectivity index (χ4v) is 2.51. The van der Waals surface area contributed by atoms with Crippen molar-refractivity contribution in [3.63, 3.8) is 0 Å². The maximum atomic E-state index is 12.0. The van der Waals surface area contributed by atoms with E-state index in [4.69, 9.17) is 0 Å². The fourth-order valence-electron chi connectivity index (χ4n) is 2.51. The van der Waals surface area contributed by atoms with Crippen LogP contribution < -0.4 is 0 Å². The number of hydrogen-bond acceptors (Lipinski definition) is 3. The first-order valence-electron chi connectivity index (χ1n) is 6.47. The van der Waals surface area contributed by atoms with Gasteiger partial charge in [-0.1, -0.05) is 0 Å². The quantitative estimate of drug-likeness (QED) is 0.794. The number of hydrogen-bond donors (Lipinski definition) is 0. The smallest absolute Gasteiger partial charge is 0.226 e. The van der Waals surface area contributed by atoms with Gasteiger partial charge in [0, 0.05) is 40.1 Å². The average molecular weight is 250 g/mol. The summed E-state index contributed by atoms with van der Waals surface area (Å²) in [6.45, 7) is 2.74. The third kappa shape index (κ3) is 2.90. The molecule has 100 valence electrons. The van der Waals surface area contributed by atoms with Crippen molar-refractivity contribution in [2.75, 3.05) is 27.2 Å². The molecule has 5 nitrogen and oxygen atoms in total. The van der Waals surface area contributed by atoms with Crippen molar-refractivity contribution in [1.29, 1.82) is 0 Å². The molecule has 1 amide bonds. The van der Waals surface area contributed by atoms with E-state index in [0.717, 1.165) is 38.3 Å². The standard InChI is InChI=1S/C13H22N4O/c1-15(2)13(18)11-5-4-7-17(9-11)10-12-14-6-8-16(12)3/h6,8,11H,4-5,7,9-10H2,1-3H3. The first-order valence-corrected chi connectivity index (χ1v) is 6.47. The van der Waals surface area contributed by atoms with Crippen LogP contribution >= 0.6 is 0 Å². The Morgan fingerprint density at radius 1 is 1.56 bits per heavy atom. The first kappa shape index (κ1) is 13.1. The highest BCUT2D eigenvalue weighted by atomic mass is 16.2. The normalized spacial score (nSPS) is 20.9. The van der Waals surface area contributed by atoms with Crippen LogP contribution in [0.25, 0.3) is 0 Å². The Kier molecular flexibility index (Phi) is 4.01. The van der Waals surface area contributed by atoms with Gasteiger partial charge in [-0.3, -0.25) is 9.69 Å². The minimum absolute atomic E-state index is 0.147. The highest BCUT2D eigenvalue weighted by molar-refractivity contribution is 5.78. The summed E-state index contributed by atoms with van der Waals surface area (Å²) in [5.74, 6) is 1.46. The van der Waals surface area contributed by atoms with Crippen molar-refractivity contribution in [3.05, 3.63) is 18.2 Å². The zero-order valence-corrected chi connectivity index (χ0v) is 11.5. The summed E-state index contributed by atoms with van der Waals surface area (Å²) >= 11 is 0. The number of rotatable bonds is 3. The van der Waals surface area contributed by atoms with E-state index >= 15 is 0 Å². The zero-order valence-electron chi connectivity index (χ0n) is 11.5. The fraction of sp³-hybridized carbons (Fsp3) is 0.692. The van der Waals surface area contributed by atoms with Crippen molar-refractivity contribution in [2.24, 2.45) is 13.0 Å². The van der Waals surface area contributed by atoms with Crippen molar-refractivity contribution in [1.82, 2.24) is 19.4 Å². The second-order valence-electron chi connectivity index (χ2n) is 5.26. The van der Waals surface area contributed by atoms with E-state index in [9.17, 15) is 4.79 Å². The Balaban J connectivity index is 1.95. The van der Waals surface area contributed by atoms with Crippen LogP contribution in [0.3, 0.4) is 0 Å². The highest BCUT2D eigenvalue weighted by Crippen LogP contribution is 2.19. The number of aromatic nitrogens is 2. The van der Waals surface area contributed by atoms with Crippen molar-refractivity contribution in [2.45, 2.75) is 19.4 Å². The molecular formula is C13H22N4O. The maximum Gasteiger partial charge on any atom is 0.226 e. The summed E-state index contributed by atoms with van der Waals surface area (Å²) in [6, 6.07) is 0. The van der Waals surface area contributed by atoms with Crippen LogP contribution in [0.5, 0.6) is 0 Å². The summed E-state index contributed by atoms with van der Waals surface area (Å²) in [5, 5.41) is 0. The van der Waals surface area contributed by atoms with Crippen LogP contribution in [-0.2, 0) is 18.4 Å². The lowest BCUT2D eigenvalue weighted by atomic mass is 9.97. The third-order valence-corrected chi connectivity index (χ3v) is 3.58. The van der Waals surface area contributed by atoms with Gasteiger partial charge in [0.05, 0.1) is 12.5 Å². The van der Waals surface area contributed by atoms with Gasteiger partial charge in [0.15, 0.2) is 0 Å². The van der Waals surface area contributed by atoms with E-state index in [-0.39, 0.29) is 11.8 Å². The zero-order chi connectivity index (χ0) is 13.1. The van der Waals surface area contributed by atoms with Gasteiger partial charge in [0.2, 0.25) is 5.91 Å². The SMILES string of the molecule is CN(C)C(=O)C1CCCN(Cc2nccn2C)C1. The average Bonchev–Trinajstić information content (AvgIpc) is 2.74. The molecule has 1 aliphatic rings. The molecule has 1 aromatic rings. The van der Waals surface area contributed by atoms with Gasteiger partial charge in [0.25, 0.3) is 0 Å². The molecule has 0 bridgehead atoms. The van der Waals surface area contributed by atoms with Gasteiger partial charge in [-0.05, 0) is 19.4 Å². The molecule has 1 aliphatic heterocycles. The van der Waals surface area contributed by atoms with E-state index in [1.165, 1.54) is 0 Å². The monoisotopic (exact) mass is 250 g/mol. The molecule has 5 heteroatoms. The molecular weight excluding hydrogens is 228 g/mol. The lowest BCUT2D eigenvalue weighted by Gasteiger charge is -2.32. The largest absolute Gasteiger partial charge is 0.349 e. The third-order valence-electron chi connectivity index (χ3n) is 3.58. The van der Waals surface area contributed by atoms with Crippen LogP contribution in [0.1, 0.15) is 18.7 Å². The van der Waals surface area contributed by atoms with Crippen LogP contribution in [0.15, 0.2) is 12.4 Å². The number of likely N-dealkylation sites (tertiary alicyclic amines) is 1. The van der Waals surface area contributed by atoms with Gasteiger partial charge in [-0.2, -0.15) is 0 Å². The Hall–Kier alpha value is -1.36. The van der Waals surface area contributed by atoms with E-state index in [0.29, 0.717) is 0 Å². The van der Waals surface area contributed by atoms with E-state index in [1.54, 1.807) is 4.90 Å². The minimum Gasteiger partial charge on any atom is -0.349 e. The predicted octanol–water partition coefficient (Wildman–Crippen LogP) is 0.720. The molecule has 0 radical (unpaired) electrons. The maximum absolute atomic E-state index is 12.0. The second kappa shape index (κ2) is 5.52. The van der Waals surface area contributed by atoms with E-state index < -0.39 is 0 Å². The molecule has 0 aromatic carbocycles. The molecule has 0 spiro atoms. The number of amides is 1. The Morgan fingerprint density at radius 2 is 2.33 bits per heavy atom. The number of piperidine rings is 1. The second-order valence-corrected chi connectivity index (χ2v) is 5.26.